The highest BCUT2D eigenvalue weighted by molar-refractivity contribution is 6.04. The molecule has 0 bridgehead atoms. The Morgan fingerprint density at radius 2 is 1.78 bits per heavy atom. The van der Waals surface area contributed by atoms with Crippen molar-refractivity contribution in [3.05, 3.63) is 82.2 Å². The van der Waals surface area contributed by atoms with Crippen LogP contribution in [0.2, 0.25) is 0 Å². The molecule has 2 saturated carbocycles. The molecule has 6 aliphatic rings. The molecule has 12 rings (SSSR count). The number of fused-ring (bicyclic) bond motifs is 3. The first-order chi connectivity index (χ1) is 32.9. The fraction of sp³-hybridized carbons (Fsp3) is 0.468. The number of carbonyl (C=O) groups excluding carboxylic acids is 4. The summed E-state index contributed by atoms with van der Waals surface area (Å²) < 4.78 is 12.3. The summed E-state index contributed by atoms with van der Waals surface area (Å²) in [6.07, 6.45) is 9.30. The second-order valence-electron chi connectivity index (χ2n) is 19.5. The number of hydrogen-bond acceptors (Lipinski definition) is 13. The summed E-state index contributed by atoms with van der Waals surface area (Å²) in [7, 11) is 5.30. The number of aryl methyl sites for hydroxylation is 1. The minimum Gasteiger partial charge on any atom is -0.379 e. The molecular formula is C47H53N15O6. The van der Waals surface area contributed by atoms with Gasteiger partial charge in [-0.15, -0.1) is 0 Å². The number of aromatic nitrogens is 8. The maximum Gasteiger partial charge on any atom is 0.320 e. The molecule has 352 valence electrons. The fourth-order valence-corrected chi connectivity index (χ4v) is 11.2. The highest BCUT2D eigenvalue weighted by Gasteiger charge is 2.57. The lowest BCUT2D eigenvalue weighted by Crippen LogP contribution is -2.65. The Bertz CT molecular complexity index is 3130. The lowest BCUT2D eigenvalue weighted by molar-refractivity contribution is -0.134. The number of piperidine rings is 2. The topological polar surface area (TPSA) is 223 Å². The summed E-state index contributed by atoms with van der Waals surface area (Å²) in [6.45, 7) is 4.07. The zero-order valence-electron chi connectivity index (χ0n) is 38.2. The van der Waals surface area contributed by atoms with E-state index in [1.165, 1.54) is 10.8 Å². The number of rotatable bonds is 9. The number of anilines is 4. The Labute approximate surface area is 389 Å². The van der Waals surface area contributed by atoms with Crippen LogP contribution in [0.1, 0.15) is 79.0 Å². The van der Waals surface area contributed by atoms with Crippen LogP contribution in [0, 0.1) is 5.41 Å². The number of amides is 5. The molecule has 5 amide bonds. The summed E-state index contributed by atoms with van der Waals surface area (Å²) >= 11 is 0. The number of likely N-dealkylation sites (tertiary alicyclic amines) is 1. The van der Waals surface area contributed by atoms with Gasteiger partial charge in [-0.1, -0.05) is 12.1 Å². The van der Waals surface area contributed by atoms with Gasteiger partial charge < -0.3 is 35.4 Å². The van der Waals surface area contributed by atoms with Crippen LogP contribution >= 0.6 is 0 Å². The van der Waals surface area contributed by atoms with Crippen LogP contribution in [-0.2, 0) is 34.5 Å². The van der Waals surface area contributed by atoms with E-state index in [4.69, 9.17) is 19.9 Å². The summed E-state index contributed by atoms with van der Waals surface area (Å²) in [4.78, 5) is 77.6. The van der Waals surface area contributed by atoms with Gasteiger partial charge in [-0.25, -0.2) is 9.78 Å². The first-order valence-electron chi connectivity index (χ1n) is 23.5. The van der Waals surface area contributed by atoms with Crippen molar-refractivity contribution in [2.24, 2.45) is 12.5 Å². The minimum absolute atomic E-state index is 0.0270. The molecule has 2 aliphatic carbocycles. The molecule has 21 heteroatoms. The quantitative estimate of drug-likeness (QED) is 0.153. The van der Waals surface area contributed by atoms with Gasteiger partial charge in [0.25, 0.3) is 11.5 Å². The molecule has 3 atom stereocenters. The van der Waals surface area contributed by atoms with Gasteiger partial charge in [0.15, 0.2) is 11.5 Å². The standard InChI is InChI=1S/C47H53N15O6/c1-48-36-21-35(52-41-30(22-49-62(36)41)43(65)51-31-10-11-34(31)68-3)50-32-7-5-17-59(44(32)66)37-20-27-23-60(47(13-14-47)26-61(27)54-37)45(67)58-24-46(25-58)15-18-57(19-16-46)33-8-4-6-28-39(55-56(2)40(28)33)29-9-12-38(63)53-42(29)64/h4-8,17,20-22,29,31,34,48H,9-16,18-19,23-26H2,1-3H3,(H,50,52)(H,51,65)(H,53,63,64)/t29?,31-,34-/m1/s1. The number of nitrogens with one attached hydrogen (secondary N) is 4. The van der Waals surface area contributed by atoms with Crippen LogP contribution < -0.4 is 31.7 Å². The number of ether oxygens (including phenoxy) is 1. The number of carbonyl (C=O) groups is 4. The molecule has 2 spiro atoms. The van der Waals surface area contributed by atoms with Crippen LogP contribution in [0.4, 0.5) is 27.8 Å². The minimum atomic E-state index is -0.459. The molecule has 5 fully saturated rings. The van der Waals surface area contributed by atoms with Crippen LogP contribution in [0.15, 0.2) is 59.7 Å². The van der Waals surface area contributed by atoms with E-state index in [9.17, 15) is 24.0 Å². The highest BCUT2D eigenvalue weighted by Crippen LogP contribution is 2.49. The van der Waals surface area contributed by atoms with Gasteiger partial charge in [-0.3, -0.25) is 38.4 Å². The summed E-state index contributed by atoms with van der Waals surface area (Å²) in [6, 6.07) is 13.2. The number of pyridine rings is 1. The van der Waals surface area contributed by atoms with Crippen LogP contribution in [0.3, 0.4) is 0 Å². The van der Waals surface area contributed by atoms with E-state index >= 15 is 0 Å². The van der Waals surface area contributed by atoms with Crippen LogP contribution in [0.25, 0.3) is 22.4 Å². The normalized spacial score (nSPS) is 22.5. The molecule has 1 aromatic carbocycles. The predicted molar refractivity (Wildman–Crippen MR) is 249 cm³/mol. The average molecular weight is 924 g/mol. The molecular weight excluding hydrogens is 871 g/mol. The summed E-state index contributed by atoms with van der Waals surface area (Å²) in [5, 5.41) is 26.8. The molecule has 6 aromatic rings. The van der Waals surface area contributed by atoms with E-state index < -0.39 is 5.92 Å². The molecule has 9 heterocycles. The van der Waals surface area contributed by atoms with Gasteiger partial charge >= 0.3 is 6.03 Å². The Kier molecular flexibility index (Phi) is 9.68. The van der Waals surface area contributed by atoms with Gasteiger partial charge in [-0.05, 0) is 63.1 Å². The zero-order valence-corrected chi connectivity index (χ0v) is 38.2. The van der Waals surface area contributed by atoms with E-state index in [2.05, 4.69) is 37.3 Å². The van der Waals surface area contributed by atoms with E-state index in [0.29, 0.717) is 73.4 Å². The third kappa shape index (κ3) is 6.79. The Morgan fingerprint density at radius 1 is 0.956 bits per heavy atom. The maximum atomic E-state index is 14.4. The number of methoxy groups -OCH3 is 1. The molecule has 0 radical (unpaired) electrons. The Balaban J connectivity index is 0.716. The Morgan fingerprint density at radius 3 is 2.51 bits per heavy atom. The third-order valence-electron chi connectivity index (χ3n) is 15.4. The molecule has 1 unspecified atom stereocenters. The van der Waals surface area contributed by atoms with Crippen molar-refractivity contribution in [1.82, 2.24) is 59.2 Å². The van der Waals surface area contributed by atoms with Crippen molar-refractivity contribution in [2.75, 3.05) is 55.9 Å². The lowest BCUT2D eigenvalue weighted by Gasteiger charge is -2.55. The molecule has 4 N–H and O–H groups in total. The predicted octanol–water partition coefficient (Wildman–Crippen LogP) is 3.25. The van der Waals surface area contributed by atoms with Gasteiger partial charge in [-0.2, -0.15) is 19.8 Å². The van der Waals surface area contributed by atoms with Crippen molar-refractivity contribution < 1.29 is 23.9 Å². The fourth-order valence-electron chi connectivity index (χ4n) is 11.2. The summed E-state index contributed by atoms with van der Waals surface area (Å²) in [5.41, 5.74) is 3.96. The number of para-hydroxylation sites is 1. The van der Waals surface area contributed by atoms with Gasteiger partial charge in [0.05, 0.1) is 65.5 Å². The van der Waals surface area contributed by atoms with E-state index in [1.807, 2.05) is 44.4 Å². The van der Waals surface area contributed by atoms with E-state index in [0.717, 1.165) is 73.9 Å². The van der Waals surface area contributed by atoms with Crippen molar-refractivity contribution in [1.29, 1.82) is 0 Å². The SMILES string of the molecule is CNc1cc(Nc2cccn(-c3cc4n(n3)CC3(CC3)N(C(=O)N3CC5(CCN(c6cccc7c(C8CCC(=O)NC8=O)nn(C)c67)CC5)C3)C4)c2=O)nc2c(C(=O)N[C@@H]3CC[C@H]3OC)cnn12. The molecule has 5 aromatic heterocycles. The van der Waals surface area contributed by atoms with Gasteiger partial charge in [0, 0.05) is 82.9 Å². The summed E-state index contributed by atoms with van der Waals surface area (Å²) in [5.74, 6) is 0.0892. The number of hydrogen-bond donors (Lipinski definition) is 4. The van der Waals surface area contributed by atoms with Crippen LogP contribution in [0.5, 0.6) is 0 Å². The lowest BCUT2D eigenvalue weighted by atomic mass is 9.72. The molecule has 21 nitrogen and oxygen atoms in total. The molecule has 4 aliphatic heterocycles. The van der Waals surface area contributed by atoms with Crippen molar-refractivity contribution in [3.63, 3.8) is 0 Å². The zero-order chi connectivity index (χ0) is 46.6. The molecule has 3 saturated heterocycles. The maximum absolute atomic E-state index is 14.4. The smallest absolute Gasteiger partial charge is 0.320 e. The number of benzene rings is 1. The largest absolute Gasteiger partial charge is 0.379 e. The van der Waals surface area contributed by atoms with E-state index in [-0.39, 0.29) is 58.1 Å². The third-order valence-corrected chi connectivity index (χ3v) is 15.4. The second kappa shape index (κ2) is 15.6. The number of urea groups is 1. The van der Waals surface area contributed by atoms with Crippen molar-refractivity contribution in [2.45, 2.75) is 88.1 Å². The average Bonchev–Trinajstić information content (AvgIpc) is 3.58. The first-order valence-corrected chi connectivity index (χ1v) is 23.5. The van der Waals surface area contributed by atoms with Gasteiger partial charge in [0.2, 0.25) is 11.8 Å². The van der Waals surface area contributed by atoms with E-state index in [1.54, 1.807) is 43.1 Å². The van der Waals surface area contributed by atoms with Gasteiger partial charge in [0.1, 0.15) is 22.9 Å². The molecule has 68 heavy (non-hydrogen) atoms. The van der Waals surface area contributed by atoms with Crippen molar-refractivity contribution >= 4 is 63.3 Å². The number of imide groups is 1. The number of nitrogens with zero attached hydrogens (tertiary/aromatic N) is 11. The van der Waals surface area contributed by atoms with Crippen molar-refractivity contribution in [3.8, 4) is 5.82 Å². The Hall–Kier alpha value is -7.29. The van der Waals surface area contributed by atoms with Crippen LogP contribution in [-0.4, -0.2) is 130 Å². The highest BCUT2D eigenvalue weighted by atomic mass is 16.5. The monoisotopic (exact) mass is 923 g/mol. The second-order valence-corrected chi connectivity index (χ2v) is 19.5. The first kappa shape index (κ1) is 42.1.